The highest BCUT2D eigenvalue weighted by Gasteiger charge is 2.30. The molecule has 3 amide bonds. The van der Waals surface area contributed by atoms with Crippen LogP contribution in [0.4, 0.5) is 14.9 Å². The fourth-order valence-electron chi connectivity index (χ4n) is 2.60. The normalized spacial score (nSPS) is 14.4. The van der Waals surface area contributed by atoms with Crippen LogP contribution in [-0.2, 0) is 4.79 Å². The molecule has 8 heteroatoms. The largest absolute Gasteiger partial charge is 0.324 e. The highest BCUT2D eigenvalue weighted by Crippen LogP contribution is 2.21. The van der Waals surface area contributed by atoms with Crippen molar-refractivity contribution >= 4 is 17.6 Å². The van der Waals surface area contributed by atoms with Gasteiger partial charge < -0.3 is 10.2 Å². The third-order valence-electron chi connectivity index (χ3n) is 4.02. The maximum atomic E-state index is 13.9. The summed E-state index contributed by atoms with van der Waals surface area (Å²) < 4.78 is 15.3. The molecule has 2 heterocycles. The molecular weight excluding hydrogens is 313 g/mol. The van der Waals surface area contributed by atoms with E-state index in [-0.39, 0.29) is 25.2 Å². The highest BCUT2D eigenvalue weighted by atomic mass is 19.1. The second-order valence-electron chi connectivity index (χ2n) is 5.53. The summed E-state index contributed by atoms with van der Waals surface area (Å²) in [6.45, 7) is 4.49. The van der Waals surface area contributed by atoms with Gasteiger partial charge >= 0.3 is 6.03 Å². The smallest absolute Gasteiger partial charge is 0.323 e. The van der Waals surface area contributed by atoms with Gasteiger partial charge in [0.2, 0.25) is 5.91 Å². The number of anilines is 1. The molecule has 1 fully saturated rings. The van der Waals surface area contributed by atoms with Crippen LogP contribution in [0.1, 0.15) is 12.6 Å². The fraction of sp³-hybridized carbons (Fsp3) is 0.312. The summed E-state index contributed by atoms with van der Waals surface area (Å²) in [5.74, 6) is -0.475. The molecule has 0 atom stereocenters. The van der Waals surface area contributed by atoms with Crippen LogP contribution < -0.4 is 5.32 Å². The second kappa shape index (κ2) is 6.31. The summed E-state index contributed by atoms with van der Waals surface area (Å²) in [5.41, 5.74) is 1.39. The molecule has 2 aromatic rings. The standard InChI is InChI=1S/C16H18FN5O2/c1-3-20-10-21(9-15(20)23)16(24)19-13-8-18-22(11(13)2)14-7-5-4-6-12(14)17/h4-8H,3,9-10H2,1-2H3,(H,19,24). The second-order valence-corrected chi connectivity index (χ2v) is 5.53. The predicted octanol–water partition coefficient (Wildman–Crippen LogP) is 1.97. The lowest BCUT2D eigenvalue weighted by molar-refractivity contribution is -0.126. The third kappa shape index (κ3) is 2.82. The van der Waals surface area contributed by atoms with Gasteiger partial charge in [-0.15, -0.1) is 0 Å². The number of halogens is 1. The summed E-state index contributed by atoms with van der Waals surface area (Å²) in [6.07, 6.45) is 1.47. The molecule has 1 aliphatic heterocycles. The highest BCUT2D eigenvalue weighted by molar-refractivity contribution is 5.94. The van der Waals surface area contributed by atoms with Crippen LogP contribution in [0.5, 0.6) is 0 Å². The van der Waals surface area contributed by atoms with Crippen LogP contribution >= 0.6 is 0 Å². The first-order valence-corrected chi connectivity index (χ1v) is 7.64. The summed E-state index contributed by atoms with van der Waals surface area (Å²) in [6, 6.07) is 5.90. The van der Waals surface area contributed by atoms with E-state index >= 15 is 0 Å². The third-order valence-corrected chi connectivity index (χ3v) is 4.02. The van der Waals surface area contributed by atoms with Gasteiger partial charge in [0.05, 0.1) is 24.2 Å². The van der Waals surface area contributed by atoms with Crippen molar-refractivity contribution in [2.75, 3.05) is 25.1 Å². The molecule has 1 aromatic carbocycles. The van der Waals surface area contributed by atoms with E-state index in [1.54, 1.807) is 30.0 Å². The predicted molar refractivity (Wildman–Crippen MR) is 86.2 cm³/mol. The van der Waals surface area contributed by atoms with Gasteiger partial charge in [-0.25, -0.2) is 13.9 Å². The summed E-state index contributed by atoms with van der Waals surface area (Å²) >= 11 is 0. The van der Waals surface area contributed by atoms with Gasteiger partial charge in [-0.1, -0.05) is 12.1 Å². The Morgan fingerprint density at radius 2 is 2.12 bits per heavy atom. The molecule has 126 valence electrons. The molecule has 1 aliphatic rings. The molecule has 3 rings (SSSR count). The van der Waals surface area contributed by atoms with Gasteiger partial charge in [-0.3, -0.25) is 9.69 Å². The number of nitrogens with one attached hydrogen (secondary N) is 1. The van der Waals surface area contributed by atoms with Crippen molar-refractivity contribution in [3.05, 3.63) is 42.0 Å². The number of nitrogens with zero attached hydrogens (tertiary/aromatic N) is 4. The number of benzene rings is 1. The van der Waals surface area contributed by atoms with E-state index in [0.29, 0.717) is 23.6 Å². The van der Waals surface area contributed by atoms with Gasteiger partial charge in [-0.2, -0.15) is 5.10 Å². The topological polar surface area (TPSA) is 70.5 Å². The van der Waals surface area contributed by atoms with E-state index in [4.69, 9.17) is 0 Å². The van der Waals surface area contributed by atoms with Crippen molar-refractivity contribution in [3.63, 3.8) is 0 Å². The lowest BCUT2D eigenvalue weighted by Crippen LogP contribution is -2.34. The lowest BCUT2D eigenvalue weighted by Gasteiger charge is -2.17. The SMILES string of the molecule is CCN1CN(C(=O)Nc2cnn(-c3ccccc3F)c2C)CC1=O. The van der Waals surface area contributed by atoms with E-state index in [1.165, 1.54) is 21.8 Å². The summed E-state index contributed by atoms with van der Waals surface area (Å²) in [4.78, 5) is 27.0. The molecule has 24 heavy (non-hydrogen) atoms. The van der Waals surface area contributed by atoms with Gasteiger partial charge in [0.25, 0.3) is 0 Å². The van der Waals surface area contributed by atoms with Crippen LogP contribution in [0.3, 0.4) is 0 Å². The molecule has 0 bridgehead atoms. The maximum Gasteiger partial charge on any atom is 0.323 e. The maximum absolute atomic E-state index is 13.9. The van der Waals surface area contributed by atoms with Gasteiger partial charge in [0.15, 0.2) is 0 Å². The number of carbonyl (C=O) groups excluding carboxylic acids is 2. The Labute approximate surface area is 138 Å². The van der Waals surface area contributed by atoms with Gasteiger partial charge in [0, 0.05) is 6.54 Å². The van der Waals surface area contributed by atoms with Crippen LogP contribution in [-0.4, -0.2) is 51.3 Å². The molecule has 1 aromatic heterocycles. The zero-order valence-electron chi connectivity index (χ0n) is 13.5. The average Bonchev–Trinajstić information content (AvgIpc) is 3.12. The Kier molecular flexibility index (Phi) is 4.20. The molecule has 0 radical (unpaired) electrons. The fourth-order valence-corrected chi connectivity index (χ4v) is 2.60. The van der Waals surface area contributed by atoms with Crippen molar-refractivity contribution in [1.82, 2.24) is 19.6 Å². The average molecular weight is 331 g/mol. The summed E-state index contributed by atoms with van der Waals surface area (Å²) in [5, 5.41) is 6.87. The van der Waals surface area contributed by atoms with Crippen molar-refractivity contribution in [2.24, 2.45) is 0 Å². The summed E-state index contributed by atoms with van der Waals surface area (Å²) in [7, 11) is 0. The van der Waals surface area contributed by atoms with E-state index < -0.39 is 5.82 Å². The van der Waals surface area contributed by atoms with Crippen LogP contribution in [0.15, 0.2) is 30.5 Å². The molecule has 0 spiro atoms. The zero-order chi connectivity index (χ0) is 17.3. The number of aromatic nitrogens is 2. The minimum absolute atomic E-state index is 0.0557. The monoisotopic (exact) mass is 331 g/mol. The van der Waals surface area contributed by atoms with E-state index in [9.17, 15) is 14.0 Å². The number of para-hydroxylation sites is 1. The number of carbonyl (C=O) groups is 2. The molecule has 7 nitrogen and oxygen atoms in total. The zero-order valence-corrected chi connectivity index (χ0v) is 13.5. The van der Waals surface area contributed by atoms with Crippen molar-refractivity contribution < 1.29 is 14.0 Å². The van der Waals surface area contributed by atoms with Crippen molar-refractivity contribution in [3.8, 4) is 5.69 Å². The number of hydrogen-bond donors (Lipinski definition) is 1. The number of hydrogen-bond acceptors (Lipinski definition) is 3. The van der Waals surface area contributed by atoms with Crippen LogP contribution in [0, 0.1) is 12.7 Å². The van der Waals surface area contributed by atoms with E-state index in [0.717, 1.165) is 0 Å². The molecule has 0 saturated carbocycles. The Morgan fingerprint density at radius 1 is 1.38 bits per heavy atom. The number of amides is 3. The Hall–Kier alpha value is -2.90. The Balaban J connectivity index is 1.77. The number of urea groups is 1. The van der Waals surface area contributed by atoms with Gasteiger partial charge in [0.1, 0.15) is 18.0 Å². The minimum Gasteiger partial charge on any atom is -0.324 e. The quantitative estimate of drug-likeness (QED) is 0.935. The molecular formula is C16H18FN5O2. The minimum atomic E-state index is -0.398. The Bertz CT molecular complexity index is 789. The van der Waals surface area contributed by atoms with Crippen molar-refractivity contribution in [1.29, 1.82) is 0 Å². The van der Waals surface area contributed by atoms with Gasteiger partial charge in [-0.05, 0) is 26.0 Å². The van der Waals surface area contributed by atoms with E-state index in [2.05, 4.69) is 10.4 Å². The molecule has 1 saturated heterocycles. The molecule has 1 N–H and O–H groups in total. The number of likely N-dealkylation sites (N-methyl/N-ethyl adjacent to an activating group) is 1. The molecule has 0 unspecified atom stereocenters. The van der Waals surface area contributed by atoms with Crippen LogP contribution in [0.2, 0.25) is 0 Å². The first-order chi connectivity index (χ1) is 11.5. The first-order valence-electron chi connectivity index (χ1n) is 7.64. The van der Waals surface area contributed by atoms with Crippen molar-refractivity contribution in [2.45, 2.75) is 13.8 Å². The lowest BCUT2D eigenvalue weighted by atomic mass is 10.3. The number of rotatable bonds is 3. The van der Waals surface area contributed by atoms with E-state index in [1.807, 2.05) is 6.92 Å². The van der Waals surface area contributed by atoms with Crippen LogP contribution in [0.25, 0.3) is 5.69 Å². The Morgan fingerprint density at radius 3 is 2.79 bits per heavy atom. The molecule has 0 aliphatic carbocycles. The first kappa shape index (κ1) is 16.0.